The molecule has 1 aromatic rings. The number of rotatable bonds is 0. The Labute approximate surface area is 59.8 Å². The maximum atomic E-state index is 5.48. The van der Waals surface area contributed by atoms with Crippen molar-refractivity contribution in [2.75, 3.05) is 17.2 Å². The Balaban J connectivity index is 3.31. The van der Waals surface area contributed by atoms with E-state index in [4.69, 9.17) is 17.2 Å². The molecule has 0 heterocycles. The second-order valence-electron chi connectivity index (χ2n) is 2.19. The van der Waals surface area contributed by atoms with E-state index in [0.717, 1.165) is 5.56 Å². The molecule has 0 aromatic heterocycles. The van der Waals surface area contributed by atoms with Gasteiger partial charge < -0.3 is 17.2 Å². The van der Waals surface area contributed by atoms with Crippen LogP contribution in [0.1, 0.15) is 5.56 Å². The van der Waals surface area contributed by atoms with Crippen LogP contribution in [0.2, 0.25) is 0 Å². The first kappa shape index (κ1) is 6.74. The predicted molar refractivity (Wildman–Crippen MR) is 44.1 cm³/mol. The largest absolute Gasteiger partial charge is 0.397 e. The molecule has 0 aliphatic rings. The maximum absolute atomic E-state index is 5.48. The van der Waals surface area contributed by atoms with Crippen LogP contribution in [0.25, 0.3) is 0 Å². The molecule has 0 amide bonds. The summed E-state index contributed by atoms with van der Waals surface area (Å²) >= 11 is 0. The fourth-order valence-corrected chi connectivity index (χ4v) is 0.763. The van der Waals surface area contributed by atoms with Crippen LogP contribution in [0, 0.1) is 6.92 Å². The minimum Gasteiger partial charge on any atom is -0.397 e. The van der Waals surface area contributed by atoms with Crippen molar-refractivity contribution in [3.8, 4) is 0 Å². The Hall–Kier alpha value is -1.38. The molecule has 1 rings (SSSR count). The third-order valence-electron chi connectivity index (χ3n) is 1.30. The van der Waals surface area contributed by atoms with E-state index in [1.54, 1.807) is 12.1 Å². The average Bonchev–Trinajstić information content (AvgIpc) is 1.82. The van der Waals surface area contributed by atoms with Crippen LogP contribution in [-0.4, -0.2) is 0 Å². The van der Waals surface area contributed by atoms with E-state index in [1.807, 2.05) is 0 Å². The second-order valence-corrected chi connectivity index (χ2v) is 2.19. The van der Waals surface area contributed by atoms with Gasteiger partial charge in [-0.05, 0) is 24.6 Å². The number of nitrogen functional groups attached to an aromatic ring is 3. The number of anilines is 3. The van der Waals surface area contributed by atoms with Gasteiger partial charge in [0.25, 0.3) is 0 Å². The van der Waals surface area contributed by atoms with Gasteiger partial charge in [-0.2, -0.15) is 0 Å². The molecule has 3 heteroatoms. The van der Waals surface area contributed by atoms with E-state index < -0.39 is 0 Å². The topological polar surface area (TPSA) is 78.1 Å². The molecule has 0 spiro atoms. The lowest BCUT2D eigenvalue weighted by atomic mass is 10.1. The van der Waals surface area contributed by atoms with Gasteiger partial charge in [0, 0.05) is 0 Å². The molecule has 3 nitrogen and oxygen atoms in total. The lowest BCUT2D eigenvalue weighted by molar-refractivity contribution is 1.59. The van der Waals surface area contributed by atoms with Crippen LogP contribution in [0.5, 0.6) is 0 Å². The van der Waals surface area contributed by atoms with E-state index in [2.05, 4.69) is 6.92 Å². The van der Waals surface area contributed by atoms with E-state index in [1.165, 1.54) is 0 Å². The molecule has 6 N–H and O–H groups in total. The van der Waals surface area contributed by atoms with Gasteiger partial charge in [0.1, 0.15) is 0 Å². The summed E-state index contributed by atoms with van der Waals surface area (Å²) in [5.74, 6) is 0. The Morgan fingerprint density at radius 1 is 1.00 bits per heavy atom. The van der Waals surface area contributed by atoms with E-state index in [-0.39, 0.29) is 0 Å². The smallest absolute Gasteiger partial charge is 0.0781 e. The first-order valence-electron chi connectivity index (χ1n) is 2.87. The van der Waals surface area contributed by atoms with Crippen LogP contribution < -0.4 is 17.2 Å². The van der Waals surface area contributed by atoms with E-state index in [9.17, 15) is 0 Å². The molecular weight excluding hydrogens is 126 g/mol. The molecule has 0 saturated heterocycles. The maximum Gasteiger partial charge on any atom is 0.0781 e. The van der Waals surface area contributed by atoms with Gasteiger partial charge in [-0.25, -0.2) is 0 Å². The van der Waals surface area contributed by atoms with Gasteiger partial charge in [0.2, 0.25) is 0 Å². The SMILES string of the molecule is [CH2]c1cc(N)c(N)c(N)c1. The minimum atomic E-state index is 0.437. The summed E-state index contributed by atoms with van der Waals surface area (Å²) in [5.41, 5.74) is 18.6. The number of hydrogen-bond acceptors (Lipinski definition) is 3. The molecule has 0 atom stereocenters. The molecule has 0 unspecified atom stereocenters. The molecule has 53 valence electrons. The average molecular weight is 136 g/mol. The van der Waals surface area contributed by atoms with Gasteiger partial charge in [-0.1, -0.05) is 0 Å². The molecule has 0 bridgehead atoms. The van der Waals surface area contributed by atoms with Crippen LogP contribution in [0.15, 0.2) is 12.1 Å². The van der Waals surface area contributed by atoms with Gasteiger partial charge >= 0.3 is 0 Å². The number of hydrogen-bond donors (Lipinski definition) is 3. The third-order valence-corrected chi connectivity index (χ3v) is 1.30. The molecule has 10 heavy (non-hydrogen) atoms. The summed E-state index contributed by atoms with van der Waals surface area (Å²) in [5, 5.41) is 0. The molecule has 0 fully saturated rings. The first-order valence-corrected chi connectivity index (χ1v) is 2.87. The van der Waals surface area contributed by atoms with Crippen molar-refractivity contribution in [3.05, 3.63) is 24.6 Å². The molecule has 0 aliphatic heterocycles. The molecular formula is C7H10N3. The third kappa shape index (κ3) is 0.978. The predicted octanol–water partition coefficient (Wildman–Crippen LogP) is 0.615. The van der Waals surface area contributed by atoms with Gasteiger partial charge in [-0.15, -0.1) is 0 Å². The monoisotopic (exact) mass is 136 g/mol. The normalized spacial score (nSPS) is 9.70. The summed E-state index contributed by atoms with van der Waals surface area (Å²) in [7, 11) is 0. The van der Waals surface area contributed by atoms with Crippen LogP contribution in [0.3, 0.4) is 0 Å². The van der Waals surface area contributed by atoms with Crippen molar-refractivity contribution in [2.24, 2.45) is 0 Å². The van der Waals surface area contributed by atoms with Gasteiger partial charge in [0.05, 0.1) is 17.1 Å². The van der Waals surface area contributed by atoms with Crippen LogP contribution >= 0.6 is 0 Å². The summed E-state index contributed by atoms with van der Waals surface area (Å²) < 4.78 is 0. The molecule has 1 aromatic carbocycles. The highest BCUT2D eigenvalue weighted by atomic mass is 14.7. The Morgan fingerprint density at radius 2 is 1.40 bits per heavy atom. The summed E-state index contributed by atoms with van der Waals surface area (Å²) in [6.07, 6.45) is 0. The van der Waals surface area contributed by atoms with Gasteiger partial charge in [-0.3, -0.25) is 0 Å². The Bertz CT molecular complexity index is 232. The fourth-order valence-electron chi connectivity index (χ4n) is 0.763. The molecule has 0 saturated carbocycles. The lowest BCUT2D eigenvalue weighted by Gasteiger charge is -2.04. The number of nitrogens with two attached hydrogens (primary N) is 3. The van der Waals surface area contributed by atoms with Crippen LogP contribution in [-0.2, 0) is 0 Å². The first-order chi connectivity index (χ1) is 4.61. The standard InChI is InChI=1S/C7H10N3/c1-4-2-5(8)7(10)6(9)3-4/h2-3H,1,8-10H2. The van der Waals surface area contributed by atoms with E-state index in [0.29, 0.717) is 17.1 Å². The Kier molecular flexibility index (Phi) is 1.41. The Morgan fingerprint density at radius 3 is 1.80 bits per heavy atom. The van der Waals surface area contributed by atoms with Crippen molar-refractivity contribution in [1.29, 1.82) is 0 Å². The highest BCUT2D eigenvalue weighted by molar-refractivity contribution is 5.78. The summed E-state index contributed by atoms with van der Waals surface area (Å²) in [6.45, 7) is 3.67. The van der Waals surface area contributed by atoms with Crippen molar-refractivity contribution < 1.29 is 0 Å². The van der Waals surface area contributed by atoms with Crippen molar-refractivity contribution in [2.45, 2.75) is 0 Å². The quantitative estimate of drug-likeness (QED) is 0.457. The zero-order valence-electron chi connectivity index (χ0n) is 5.59. The summed E-state index contributed by atoms with van der Waals surface area (Å²) in [6, 6.07) is 3.37. The minimum absolute atomic E-state index is 0.437. The molecule has 0 aliphatic carbocycles. The fraction of sp³-hybridized carbons (Fsp3) is 0. The summed E-state index contributed by atoms with van der Waals surface area (Å²) in [4.78, 5) is 0. The van der Waals surface area contributed by atoms with Crippen molar-refractivity contribution >= 4 is 17.1 Å². The lowest BCUT2D eigenvalue weighted by Crippen LogP contribution is -2.00. The molecule has 1 radical (unpaired) electrons. The van der Waals surface area contributed by atoms with Crippen molar-refractivity contribution in [3.63, 3.8) is 0 Å². The zero-order valence-corrected chi connectivity index (χ0v) is 5.59. The van der Waals surface area contributed by atoms with E-state index >= 15 is 0 Å². The second kappa shape index (κ2) is 2.10. The zero-order chi connectivity index (χ0) is 7.72. The highest BCUT2D eigenvalue weighted by Crippen LogP contribution is 2.23. The highest BCUT2D eigenvalue weighted by Gasteiger charge is 1.98. The van der Waals surface area contributed by atoms with Gasteiger partial charge in [0.15, 0.2) is 0 Å². The van der Waals surface area contributed by atoms with Crippen molar-refractivity contribution in [1.82, 2.24) is 0 Å². The number of benzene rings is 1. The van der Waals surface area contributed by atoms with Crippen LogP contribution in [0.4, 0.5) is 17.1 Å².